The van der Waals surface area contributed by atoms with E-state index in [1.165, 1.54) is 12.1 Å². The van der Waals surface area contributed by atoms with Gasteiger partial charge in [-0.2, -0.15) is 0 Å². The van der Waals surface area contributed by atoms with Gasteiger partial charge < -0.3 is 9.47 Å². The highest BCUT2D eigenvalue weighted by atomic mass is 79.9. The lowest BCUT2D eigenvalue weighted by molar-refractivity contribution is -0.0509. The van der Waals surface area contributed by atoms with Gasteiger partial charge in [0.2, 0.25) is 0 Å². The van der Waals surface area contributed by atoms with Crippen LogP contribution in [0.5, 0.6) is 5.75 Å². The highest BCUT2D eigenvalue weighted by Gasteiger charge is 2.19. The van der Waals surface area contributed by atoms with Gasteiger partial charge in [0.05, 0.1) is 24.3 Å². The molecule has 0 aromatic heterocycles. The molecule has 1 aromatic carbocycles. The van der Waals surface area contributed by atoms with Crippen LogP contribution in [-0.4, -0.2) is 19.8 Å². The van der Waals surface area contributed by atoms with E-state index in [0.717, 1.165) is 13.2 Å². The molecule has 0 aliphatic carbocycles. The van der Waals surface area contributed by atoms with Crippen molar-refractivity contribution in [2.75, 3.05) is 19.8 Å². The van der Waals surface area contributed by atoms with Crippen LogP contribution in [0.2, 0.25) is 0 Å². The molecule has 4 heteroatoms. The quantitative estimate of drug-likeness (QED) is 0.832. The molecule has 2 nitrogen and oxygen atoms in total. The van der Waals surface area contributed by atoms with E-state index in [9.17, 15) is 4.39 Å². The van der Waals surface area contributed by atoms with Gasteiger partial charge >= 0.3 is 0 Å². The van der Waals surface area contributed by atoms with E-state index in [4.69, 9.17) is 9.47 Å². The van der Waals surface area contributed by atoms with Crippen molar-refractivity contribution >= 4 is 15.9 Å². The zero-order valence-corrected chi connectivity index (χ0v) is 9.09. The fourth-order valence-corrected chi connectivity index (χ4v) is 1.65. The maximum atomic E-state index is 12.7. The summed E-state index contributed by atoms with van der Waals surface area (Å²) in [6.07, 6.45) is 0. The molecular weight excluding hydrogens is 251 g/mol. The molecule has 0 unspecified atom stereocenters. The molecule has 14 heavy (non-hydrogen) atoms. The van der Waals surface area contributed by atoms with Crippen molar-refractivity contribution in [1.82, 2.24) is 0 Å². The Morgan fingerprint density at radius 1 is 1.50 bits per heavy atom. The van der Waals surface area contributed by atoms with E-state index < -0.39 is 0 Å². The summed E-state index contributed by atoms with van der Waals surface area (Å²) < 4.78 is 23.9. The van der Waals surface area contributed by atoms with Gasteiger partial charge in [0, 0.05) is 5.92 Å². The zero-order chi connectivity index (χ0) is 9.97. The topological polar surface area (TPSA) is 18.5 Å². The molecule has 1 aromatic rings. The molecule has 1 saturated heterocycles. The van der Waals surface area contributed by atoms with E-state index in [1.807, 2.05) is 0 Å². The minimum atomic E-state index is -0.267. The van der Waals surface area contributed by atoms with Crippen molar-refractivity contribution in [1.29, 1.82) is 0 Å². The molecule has 1 aliphatic heterocycles. The molecule has 1 heterocycles. The first-order valence-corrected chi connectivity index (χ1v) is 5.20. The average molecular weight is 261 g/mol. The third kappa shape index (κ3) is 2.25. The lowest BCUT2D eigenvalue weighted by Crippen LogP contribution is -2.32. The molecule has 1 fully saturated rings. The van der Waals surface area contributed by atoms with Crippen LogP contribution < -0.4 is 4.74 Å². The largest absolute Gasteiger partial charge is 0.492 e. The van der Waals surface area contributed by atoms with Crippen LogP contribution in [0.15, 0.2) is 22.7 Å². The third-order valence-electron chi connectivity index (χ3n) is 2.08. The van der Waals surface area contributed by atoms with Crippen LogP contribution in [0, 0.1) is 11.7 Å². The Bertz CT molecular complexity index is 326. The molecule has 76 valence electrons. The molecule has 0 spiro atoms. The predicted molar refractivity (Wildman–Crippen MR) is 53.9 cm³/mol. The van der Waals surface area contributed by atoms with Gasteiger partial charge in [-0.25, -0.2) is 4.39 Å². The first-order valence-electron chi connectivity index (χ1n) is 4.41. The molecule has 0 bridgehead atoms. The summed E-state index contributed by atoms with van der Waals surface area (Å²) in [5.74, 6) is 0.890. The Labute approximate surface area is 90.1 Å². The Kier molecular flexibility index (Phi) is 3.03. The van der Waals surface area contributed by atoms with E-state index in [0.29, 0.717) is 22.7 Å². The van der Waals surface area contributed by atoms with Crippen LogP contribution >= 0.6 is 15.9 Å². The lowest BCUT2D eigenvalue weighted by Gasteiger charge is -2.25. The number of benzene rings is 1. The van der Waals surface area contributed by atoms with Crippen molar-refractivity contribution < 1.29 is 13.9 Å². The maximum Gasteiger partial charge on any atom is 0.133 e. The number of ether oxygens (including phenoxy) is 2. The molecule has 2 rings (SSSR count). The normalized spacial score (nSPS) is 16.4. The number of hydrogen-bond donors (Lipinski definition) is 0. The standard InChI is InChI=1S/C10H10BrFO2/c11-9-3-8(12)1-2-10(9)14-6-7-4-13-5-7/h1-3,7H,4-6H2. The van der Waals surface area contributed by atoms with Crippen molar-refractivity contribution in [3.63, 3.8) is 0 Å². The van der Waals surface area contributed by atoms with E-state index in [-0.39, 0.29) is 5.82 Å². The Hall–Kier alpha value is -0.610. The van der Waals surface area contributed by atoms with Gasteiger partial charge in [-0.15, -0.1) is 0 Å². The Morgan fingerprint density at radius 3 is 2.86 bits per heavy atom. The van der Waals surface area contributed by atoms with Crippen molar-refractivity contribution in [3.05, 3.63) is 28.5 Å². The second-order valence-electron chi connectivity index (χ2n) is 3.29. The van der Waals surface area contributed by atoms with Gasteiger partial charge in [0.15, 0.2) is 0 Å². The highest BCUT2D eigenvalue weighted by Crippen LogP contribution is 2.26. The zero-order valence-electron chi connectivity index (χ0n) is 7.50. The summed E-state index contributed by atoms with van der Waals surface area (Å²) in [6.45, 7) is 2.15. The third-order valence-corrected chi connectivity index (χ3v) is 2.70. The molecular formula is C10H10BrFO2. The van der Waals surface area contributed by atoms with Crippen LogP contribution in [-0.2, 0) is 4.74 Å². The summed E-state index contributed by atoms with van der Waals surface area (Å²) in [5.41, 5.74) is 0. The molecule has 0 amide bonds. The smallest absolute Gasteiger partial charge is 0.133 e. The summed E-state index contributed by atoms with van der Waals surface area (Å²) in [6, 6.07) is 4.41. The van der Waals surface area contributed by atoms with Crippen LogP contribution in [0.25, 0.3) is 0 Å². The van der Waals surface area contributed by atoms with Gasteiger partial charge in [-0.1, -0.05) is 0 Å². The van der Waals surface area contributed by atoms with Crippen molar-refractivity contribution in [3.8, 4) is 5.75 Å². The van der Waals surface area contributed by atoms with Gasteiger partial charge in [0.25, 0.3) is 0 Å². The summed E-state index contributed by atoms with van der Waals surface area (Å²) in [4.78, 5) is 0. The monoisotopic (exact) mass is 260 g/mol. The fraction of sp³-hybridized carbons (Fsp3) is 0.400. The SMILES string of the molecule is Fc1ccc(OCC2COC2)c(Br)c1. The Morgan fingerprint density at radius 2 is 2.29 bits per heavy atom. The molecule has 0 saturated carbocycles. The minimum absolute atomic E-state index is 0.267. The highest BCUT2D eigenvalue weighted by molar-refractivity contribution is 9.10. The summed E-state index contributed by atoms with van der Waals surface area (Å²) >= 11 is 3.24. The van der Waals surface area contributed by atoms with Crippen LogP contribution in [0.1, 0.15) is 0 Å². The molecule has 0 N–H and O–H groups in total. The molecule has 0 radical (unpaired) electrons. The van der Waals surface area contributed by atoms with Crippen LogP contribution in [0.4, 0.5) is 4.39 Å². The van der Waals surface area contributed by atoms with E-state index in [2.05, 4.69) is 15.9 Å². The van der Waals surface area contributed by atoms with Crippen molar-refractivity contribution in [2.45, 2.75) is 0 Å². The van der Waals surface area contributed by atoms with Gasteiger partial charge in [0.1, 0.15) is 11.6 Å². The second-order valence-corrected chi connectivity index (χ2v) is 4.14. The maximum absolute atomic E-state index is 12.7. The number of halogens is 2. The molecule has 1 aliphatic rings. The van der Waals surface area contributed by atoms with E-state index >= 15 is 0 Å². The fourth-order valence-electron chi connectivity index (χ4n) is 1.18. The van der Waals surface area contributed by atoms with E-state index in [1.54, 1.807) is 6.07 Å². The summed E-state index contributed by atoms with van der Waals surface area (Å²) in [7, 11) is 0. The average Bonchev–Trinajstić information content (AvgIpc) is 2.05. The van der Waals surface area contributed by atoms with Crippen molar-refractivity contribution in [2.24, 2.45) is 5.92 Å². The summed E-state index contributed by atoms with van der Waals surface area (Å²) in [5, 5.41) is 0. The predicted octanol–water partition coefficient (Wildman–Crippen LogP) is 2.61. The van der Waals surface area contributed by atoms with Gasteiger partial charge in [-0.05, 0) is 34.1 Å². The number of rotatable bonds is 3. The lowest BCUT2D eigenvalue weighted by atomic mass is 10.1. The minimum Gasteiger partial charge on any atom is -0.492 e. The first kappa shape index (κ1) is 9.93. The van der Waals surface area contributed by atoms with Crippen LogP contribution in [0.3, 0.4) is 0 Å². The van der Waals surface area contributed by atoms with Gasteiger partial charge in [-0.3, -0.25) is 0 Å². The first-order chi connectivity index (χ1) is 6.75. The second kappa shape index (κ2) is 4.28. The number of hydrogen-bond acceptors (Lipinski definition) is 2. The Balaban J connectivity index is 1.94. The molecule has 0 atom stereocenters.